The Labute approximate surface area is 94.3 Å². The molecule has 0 aromatic rings. The van der Waals surface area contributed by atoms with Gasteiger partial charge in [-0.2, -0.15) is 0 Å². The Balaban J connectivity index is 1.88. The van der Waals surface area contributed by atoms with E-state index >= 15 is 0 Å². The molecule has 0 saturated carbocycles. The van der Waals surface area contributed by atoms with Crippen LogP contribution >= 0.6 is 11.8 Å². The summed E-state index contributed by atoms with van der Waals surface area (Å²) in [7, 11) is 0. The number of hydrogen-bond donors (Lipinski definition) is 2. The number of rotatable bonds is 2. The van der Waals surface area contributed by atoms with Crippen molar-refractivity contribution in [2.45, 2.75) is 38.3 Å². The molecule has 0 spiro atoms. The van der Waals surface area contributed by atoms with Gasteiger partial charge in [0.2, 0.25) is 5.91 Å². The summed E-state index contributed by atoms with van der Waals surface area (Å²) in [6.45, 7) is 2.90. The first kappa shape index (κ1) is 10.8. The van der Waals surface area contributed by atoms with E-state index < -0.39 is 0 Å². The molecule has 2 aliphatic heterocycles. The van der Waals surface area contributed by atoms with Crippen LogP contribution < -0.4 is 10.6 Å². The van der Waals surface area contributed by atoms with Crippen LogP contribution in [0.5, 0.6) is 0 Å². The van der Waals surface area contributed by atoms with Gasteiger partial charge in [-0.25, -0.2) is 0 Å². The van der Waals surface area contributed by atoms with Gasteiger partial charge >= 0.3 is 0 Å². The predicted molar refractivity (Wildman–Crippen MR) is 63.1 cm³/mol. The molecule has 84 valence electrons. The summed E-state index contributed by atoms with van der Waals surface area (Å²) in [5.41, 5.74) is 0. The minimum absolute atomic E-state index is 0.140. The van der Waals surface area contributed by atoms with Gasteiger partial charge in [-0.3, -0.25) is 9.79 Å². The van der Waals surface area contributed by atoms with Gasteiger partial charge in [0.05, 0.1) is 12.1 Å². The largest absolute Gasteiger partial charge is 0.360 e. The normalized spacial score (nSPS) is 31.0. The number of carbonyl (C=O) groups is 1. The molecule has 2 aliphatic rings. The molecule has 1 amide bonds. The highest BCUT2D eigenvalue weighted by molar-refractivity contribution is 8.13. The smallest absolute Gasteiger partial charge is 0.222 e. The van der Waals surface area contributed by atoms with Crippen LogP contribution in [0.2, 0.25) is 0 Å². The standard InChI is InChI=1S/C10H17N3OS/c1-2-7-3-4-15-10(12-7)13-8-5-9(14)11-6-8/h7-8H,2-6H2,1H3,(H,11,14)(H,12,13). The number of nitrogens with one attached hydrogen (secondary N) is 2. The molecule has 0 radical (unpaired) electrons. The third-order valence-corrected chi connectivity index (χ3v) is 3.70. The second kappa shape index (κ2) is 4.88. The molecule has 2 rings (SSSR count). The molecule has 2 unspecified atom stereocenters. The van der Waals surface area contributed by atoms with Gasteiger partial charge in [-0.15, -0.1) is 0 Å². The van der Waals surface area contributed by atoms with Crippen molar-refractivity contribution in [2.24, 2.45) is 4.99 Å². The Morgan fingerprint density at radius 3 is 3.20 bits per heavy atom. The maximum absolute atomic E-state index is 11.0. The topological polar surface area (TPSA) is 53.5 Å². The van der Waals surface area contributed by atoms with Crippen LogP contribution in [-0.2, 0) is 4.79 Å². The van der Waals surface area contributed by atoms with Crippen molar-refractivity contribution in [3.63, 3.8) is 0 Å². The Bertz CT molecular complexity index is 280. The Morgan fingerprint density at radius 1 is 1.67 bits per heavy atom. The SMILES string of the molecule is CCC1CCSC(NC2CNC(=O)C2)=N1. The molecule has 0 bridgehead atoms. The van der Waals surface area contributed by atoms with Crippen LogP contribution in [0.15, 0.2) is 4.99 Å². The lowest BCUT2D eigenvalue weighted by atomic mass is 10.2. The summed E-state index contributed by atoms with van der Waals surface area (Å²) in [6, 6.07) is 0.707. The average molecular weight is 227 g/mol. The molecule has 4 nitrogen and oxygen atoms in total. The van der Waals surface area contributed by atoms with Gasteiger partial charge in [0.15, 0.2) is 5.17 Å². The minimum atomic E-state index is 0.140. The molecule has 5 heteroatoms. The van der Waals surface area contributed by atoms with Crippen molar-refractivity contribution in [2.75, 3.05) is 12.3 Å². The fraction of sp³-hybridized carbons (Fsp3) is 0.800. The molecule has 1 fully saturated rings. The Morgan fingerprint density at radius 2 is 2.53 bits per heavy atom. The highest BCUT2D eigenvalue weighted by Crippen LogP contribution is 2.19. The number of nitrogens with zero attached hydrogens (tertiary/aromatic N) is 1. The summed E-state index contributed by atoms with van der Waals surface area (Å²) in [4.78, 5) is 15.6. The van der Waals surface area contributed by atoms with Crippen LogP contribution in [0.1, 0.15) is 26.2 Å². The lowest BCUT2D eigenvalue weighted by molar-refractivity contribution is -0.119. The first-order chi connectivity index (χ1) is 7.28. The zero-order chi connectivity index (χ0) is 10.7. The van der Waals surface area contributed by atoms with Gasteiger partial charge in [-0.1, -0.05) is 18.7 Å². The monoisotopic (exact) mass is 227 g/mol. The molecule has 0 aromatic heterocycles. The second-order valence-electron chi connectivity index (χ2n) is 3.98. The van der Waals surface area contributed by atoms with E-state index in [0.717, 1.165) is 23.9 Å². The van der Waals surface area contributed by atoms with Crippen molar-refractivity contribution < 1.29 is 4.79 Å². The van der Waals surface area contributed by atoms with E-state index in [1.807, 2.05) is 0 Å². The molecule has 2 atom stereocenters. The van der Waals surface area contributed by atoms with E-state index in [9.17, 15) is 4.79 Å². The summed E-state index contributed by atoms with van der Waals surface area (Å²) >= 11 is 1.77. The van der Waals surface area contributed by atoms with Crippen molar-refractivity contribution in [3.8, 4) is 0 Å². The number of aliphatic imine (C=N–C) groups is 1. The van der Waals surface area contributed by atoms with Crippen LogP contribution in [0.4, 0.5) is 0 Å². The molecule has 2 heterocycles. The minimum Gasteiger partial charge on any atom is -0.360 e. The highest BCUT2D eigenvalue weighted by atomic mass is 32.2. The number of carbonyl (C=O) groups excluding carboxylic acids is 1. The van der Waals surface area contributed by atoms with E-state index in [1.165, 1.54) is 6.42 Å². The summed E-state index contributed by atoms with van der Waals surface area (Å²) in [5.74, 6) is 1.28. The number of thioether (sulfide) groups is 1. The van der Waals surface area contributed by atoms with Crippen LogP contribution in [0.25, 0.3) is 0 Å². The third kappa shape index (κ3) is 2.87. The van der Waals surface area contributed by atoms with Crippen LogP contribution in [0.3, 0.4) is 0 Å². The first-order valence-corrected chi connectivity index (χ1v) is 6.50. The van der Waals surface area contributed by atoms with E-state index in [1.54, 1.807) is 11.8 Å². The van der Waals surface area contributed by atoms with E-state index in [-0.39, 0.29) is 11.9 Å². The number of hydrogen-bond acceptors (Lipinski definition) is 4. The number of amidine groups is 1. The van der Waals surface area contributed by atoms with Crippen molar-refractivity contribution in [1.82, 2.24) is 10.6 Å². The Kier molecular flexibility index (Phi) is 3.51. The maximum Gasteiger partial charge on any atom is 0.222 e. The molecule has 1 saturated heterocycles. The van der Waals surface area contributed by atoms with Gasteiger partial charge in [0, 0.05) is 18.7 Å². The van der Waals surface area contributed by atoms with Gasteiger partial charge in [-0.05, 0) is 12.8 Å². The molecule has 2 N–H and O–H groups in total. The average Bonchev–Trinajstić information content (AvgIpc) is 2.64. The zero-order valence-electron chi connectivity index (χ0n) is 8.95. The van der Waals surface area contributed by atoms with Crippen molar-refractivity contribution >= 4 is 22.8 Å². The highest BCUT2D eigenvalue weighted by Gasteiger charge is 2.23. The summed E-state index contributed by atoms with van der Waals surface area (Å²) in [6.07, 6.45) is 2.86. The van der Waals surface area contributed by atoms with E-state index in [4.69, 9.17) is 0 Å². The number of amides is 1. The lowest BCUT2D eigenvalue weighted by Gasteiger charge is -2.21. The summed E-state index contributed by atoms with van der Waals surface area (Å²) in [5, 5.41) is 7.18. The Hall–Kier alpha value is -0.710. The van der Waals surface area contributed by atoms with E-state index in [0.29, 0.717) is 12.5 Å². The third-order valence-electron chi connectivity index (χ3n) is 2.77. The second-order valence-corrected chi connectivity index (χ2v) is 5.07. The molecule has 0 aliphatic carbocycles. The first-order valence-electron chi connectivity index (χ1n) is 5.51. The molecular formula is C10H17N3OS. The fourth-order valence-electron chi connectivity index (χ4n) is 1.82. The summed E-state index contributed by atoms with van der Waals surface area (Å²) < 4.78 is 0. The van der Waals surface area contributed by atoms with Crippen molar-refractivity contribution in [3.05, 3.63) is 0 Å². The quantitative estimate of drug-likeness (QED) is 0.731. The van der Waals surface area contributed by atoms with E-state index in [2.05, 4.69) is 22.5 Å². The van der Waals surface area contributed by atoms with Crippen molar-refractivity contribution in [1.29, 1.82) is 0 Å². The maximum atomic E-state index is 11.0. The van der Waals surface area contributed by atoms with Crippen LogP contribution in [-0.4, -0.2) is 35.5 Å². The predicted octanol–water partition coefficient (Wildman–Crippen LogP) is 0.736. The van der Waals surface area contributed by atoms with Crippen LogP contribution in [0, 0.1) is 0 Å². The van der Waals surface area contributed by atoms with Gasteiger partial charge in [0.25, 0.3) is 0 Å². The van der Waals surface area contributed by atoms with Gasteiger partial charge < -0.3 is 10.6 Å². The lowest BCUT2D eigenvalue weighted by Crippen LogP contribution is -2.36. The fourth-order valence-corrected chi connectivity index (χ4v) is 2.87. The molecule has 0 aromatic carbocycles. The van der Waals surface area contributed by atoms with Gasteiger partial charge in [0.1, 0.15) is 0 Å². The zero-order valence-corrected chi connectivity index (χ0v) is 9.77. The molecule has 15 heavy (non-hydrogen) atoms. The molecular weight excluding hydrogens is 210 g/mol.